The van der Waals surface area contributed by atoms with Crippen molar-refractivity contribution in [2.45, 2.75) is 6.92 Å². The molecule has 0 unspecified atom stereocenters. The van der Waals surface area contributed by atoms with Crippen LogP contribution in [0, 0.1) is 0 Å². The highest BCUT2D eigenvalue weighted by atomic mass is 16.4. The molecule has 1 aliphatic rings. The average molecular weight is 186 g/mol. The SMILES string of the molecule is CC1=CC(=O)NC1=O.NCC(=O)O. The number of nitrogens with two attached hydrogens (primary N) is 1. The molecule has 0 fully saturated rings. The number of nitrogens with one attached hydrogen (secondary N) is 1. The fourth-order valence-electron chi connectivity index (χ4n) is 0.509. The Kier molecular flexibility index (Phi) is 4.39. The third-order valence-corrected chi connectivity index (χ3v) is 1.12. The van der Waals surface area contributed by atoms with Gasteiger partial charge < -0.3 is 10.8 Å². The van der Waals surface area contributed by atoms with E-state index in [1.807, 2.05) is 0 Å². The molecule has 0 saturated carbocycles. The highest BCUT2D eigenvalue weighted by Gasteiger charge is 2.15. The summed E-state index contributed by atoms with van der Waals surface area (Å²) in [6, 6.07) is 0. The number of rotatable bonds is 1. The summed E-state index contributed by atoms with van der Waals surface area (Å²) in [7, 11) is 0. The van der Waals surface area contributed by atoms with Crippen molar-refractivity contribution in [3.63, 3.8) is 0 Å². The van der Waals surface area contributed by atoms with Gasteiger partial charge in [0.05, 0.1) is 6.54 Å². The van der Waals surface area contributed by atoms with E-state index in [1.54, 1.807) is 6.92 Å². The second kappa shape index (κ2) is 5.04. The van der Waals surface area contributed by atoms with E-state index >= 15 is 0 Å². The standard InChI is InChI=1S/C5H5NO2.C2H5NO2/c1-3-2-4(7)6-5(3)8;3-1-2(4)5/h2H,1H3,(H,6,7,8);1,3H2,(H,4,5). The number of carboxylic acids is 1. The molecule has 0 aromatic rings. The minimum absolute atomic E-state index is 0.278. The number of carbonyl (C=O) groups excluding carboxylic acids is 2. The second-order valence-corrected chi connectivity index (χ2v) is 2.24. The highest BCUT2D eigenvalue weighted by molar-refractivity contribution is 6.15. The summed E-state index contributed by atoms with van der Waals surface area (Å²) >= 11 is 0. The van der Waals surface area contributed by atoms with Crippen molar-refractivity contribution in [1.82, 2.24) is 5.32 Å². The van der Waals surface area contributed by atoms with Gasteiger partial charge in [0.25, 0.3) is 11.8 Å². The summed E-state index contributed by atoms with van der Waals surface area (Å²) in [5.41, 5.74) is 5.05. The van der Waals surface area contributed by atoms with Crippen LogP contribution in [0.5, 0.6) is 0 Å². The number of carbonyl (C=O) groups is 3. The molecule has 0 spiro atoms. The molecule has 0 aromatic heterocycles. The molecule has 0 atom stereocenters. The van der Waals surface area contributed by atoms with E-state index in [9.17, 15) is 14.4 Å². The van der Waals surface area contributed by atoms with Crippen LogP contribution in [0.15, 0.2) is 11.6 Å². The Morgan fingerprint density at radius 2 is 2.08 bits per heavy atom. The maximum atomic E-state index is 10.4. The van der Waals surface area contributed by atoms with Crippen LogP contribution in [0.25, 0.3) is 0 Å². The molecular weight excluding hydrogens is 176 g/mol. The summed E-state index contributed by atoms with van der Waals surface area (Å²) in [4.78, 5) is 29.9. The van der Waals surface area contributed by atoms with Crippen LogP contribution >= 0.6 is 0 Å². The third-order valence-electron chi connectivity index (χ3n) is 1.12. The smallest absolute Gasteiger partial charge is 0.317 e. The number of hydrogen-bond donors (Lipinski definition) is 3. The molecule has 6 heteroatoms. The van der Waals surface area contributed by atoms with Crippen molar-refractivity contribution < 1.29 is 19.5 Å². The molecule has 1 rings (SSSR count). The summed E-state index contributed by atoms with van der Waals surface area (Å²) in [6.45, 7) is 1.32. The van der Waals surface area contributed by atoms with Crippen molar-refractivity contribution in [3.8, 4) is 0 Å². The van der Waals surface area contributed by atoms with Gasteiger partial charge in [-0.05, 0) is 6.92 Å². The second-order valence-electron chi connectivity index (χ2n) is 2.24. The first-order valence-corrected chi connectivity index (χ1v) is 3.43. The van der Waals surface area contributed by atoms with Gasteiger partial charge in [0.1, 0.15) is 0 Å². The summed E-state index contributed by atoms with van der Waals surface area (Å²) in [5, 5.41) is 9.69. The van der Waals surface area contributed by atoms with E-state index < -0.39 is 5.97 Å². The van der Waals surface area contributed by atoms with Crippen molar-refractivity contribution >= 4 is 17.8 Å². The van der Waals surface area contributed by atoms with Crippen LogP contribution in [0.1, 0.15) is 6.92 Å². The molecule has 0 radical (unpaired) electrons. The molecule has 0 aliphatic carbocycles. The van der Waals surface area contributed by atoms with Gasteiger partial charge in [-0.15, -0.1) is 0 Å². The first-order valence-electron chi connectivity index (χ1n) is 3.43. The van der Waals surface area contributed by atoms with Gasteiger partial charge in [-0.25, -0.2) is 0 Å². The van der Waals surface area contributed by atoms with E-state index in [2.05, 4.69) is 11.1 Å². The Morgan fingerprint density at radius 3 is 2.15 bits per heavy atom. The molecule has 1 heterocycles. The predicted octanol–water partition coefficient (Wildman–Crippen LogP) is -1.38. The van der Waals surface area contributed by atoms with Gasteiger partial charge in [-0.1, -0.05) is 0 Å². The molecule has 4 N–H and O–H groups in total. The van der Waals surface area contributed by atoms with E-state index in [4.69, 9.17) is 5.11 Å². The molecule has 0 aromatic carbocycles. The lowest BCUT2D eigenvalue weighted by atomic mass is 10.3. The van der Waals surface area contributed by atoms with E-state index in [0.29, 0.717) is 5.57 Å². The number of carboxylic acid groups (broad SMARTS) is 1. The maximum Gasteiger partial charge on any atom is 0.317 e. The topological polar surface area (TPSA) is 109 Å². The molecular formula is C7H10N2O4. The lowest BCUT2D eigenvalue weighted by Gasteiger charge is -1.84. The number of amides is 2. The van der Waals surface area contributed by atoms with Gasteiger partial charge in [0.15, 0.2) is 0 Å². The Bertz CT molecular complexity index is 270. The van der Waals surface area contributed by atoms with E-state index in [1.165, 1.54) is 6.08 Å². The van der Waals surface area contributed by atoms with Gasteiger partial charge in [-0.3, -0.25) is 19.7 Å². The van der Waals surface area contributed by atoms with Gasteiger partial charge in [0.2, 0.25) is 0 Å². The zero-order valence-electron chi connectivity index (χ0n) is 7.03. The Balaban J connectivity index is 0.000000252. The molecule has 1 aliphatic heterocycles. The molecule has 0 saturated heterocycles. The molecule has 0 bridgehead atoms. The zero-order chi connectivity index (χ0) is 10.4. The average Bonchev–Trinajstić information content (AvgIpc) is 2.31. The quantitative estimate of drug-likeness (QED) is 0.437. The summed E-state index contributed by atoms with van der Waals surface area (Å²) in [5.74, 6) is -1.56. The minimum Gasteiger partial charge on any atom is -0.480 e. The fourth-order valence-corrected chi connectivity index (χ4v) is 0.509. The van der Waals surface area contributed by atoms with Crippen molar-refractivity contribution in [2.75, 3.05) is 6.54 Å². The zero-order valence-corrected chi connectivity index (χ0v) is 7.03. The number of aliphatic carboxylic acids is 1. The van der Waals surface area contributed by atoms with E-state index in [0.717, 1.165) is 0 Å². The largest absolute Gasteiger partial charge is 0.480 e. The Labute approximate surface area is 74.4 Å². The normalized spacial score (nSPS) is 14.2. The molecule has 2 amide bonds. The lowest BCUT2D eigenvalue weighted by molar-refractivity contribution is -0.135. The van der Waals surface area contributed by atoms with Crippen LogP contribution in [0.4, 0.5) is 0 Å². The van der Waals surface area contributed by atoms with Crippen LogP contribution in [-0.4, -0.2) is 29.4 Å². The van der Waals surface area contributed by atoms with Crippen LogP contribution < -0.4 is 11.1 Å². The van der Waals surface area contributed by atoms with Crippen molar-refractivity contribution in [2.24, 2.45) is 5.73 Å². The van der Waals surface area contributed by atoms with Gasteiger partial charge in [0, 0.05) is 11.6 Å². The Hall–Kier alpha value is -1.69. The maximum absolute atomic E-state index is 10.4. The highest BCUT2D eigenvalue weighted by Crippen LogP contribution is 1.97. The van der Waals surface area contributed by atoms with Gasteiger partial charge in [-0.2, -0.15) is 0 Å². The first-order chi connectivity index (χ1) is 5.97. The van der Waals surface area contributed by atoms with Crippen molar-refractivity contribution in [3.05, 3.63) is 11.6 Å². The third kappa shape index (κ3) is 4.70. The first kappa shape index (κ1) is 11.3. The van der Waals surface area contributed by atoms with Gasteiger partial charge >= 0.3 is 5.97 Å². The number of imide groups is 1. The Morgan fingerprint density at radius 1 is 1.62 bits per heavy atom. The molecule has 72 valence electrons. The predicted molar refractivity (Wildman–Crippen MR) is 43.6 cm³/mol. The fraction of sp³-hybridized carbons (Fsp3) is 0.286. The van der Waals surface area contributed by atoms with Crippen LogP contribution in [0.3, 0.4) is 0 Å². The molecule has 6 nitrogen and oxygen atoms in total. The van der Waals surface area contributed by atoms with E-state index in [-0.39, 0.29) is 18.4 Å². The van der Waals surface area contributed by atoms with Crippen LogP contribution in [0.2, 0.25) is 0 Å². The molecule has 13 heavy (non-hydrogen) atoms. The number of hydrogen-bond acceptors (Lipinski definition) is 4. The van der Waals surface area contributed by atoms with Crippen molar-refractivity contribution in [1.29, 1.82) is 0 Å². The van der Waals surface area contributed by atoms with Crippen LogP contribution in [-0.2, 0) is 14.4 Å². The lowest BCUT2D eigenvalue weighted by Crippen LogP contribution is -2.21. The summed E-state index contributed by atoms with van der Waals surface area (Å²) in [6.07, 6.45) is 1.28. The monoisotopic (exact) mass is 186 g/mol. The summed E-state index contributed by atoms with van der Waals surface area (Å²) < 4.78 is 0. The minimum atomic E-state index is -0.968.